The van der Waals surface area contributed by atoms with Crippen molar-refractivity contribution in [2.45, 2.75) is 25.4 Å². The number of nitrogens with two attached hydrogens (primary N) is 1. The summed E-state index contributed by atoms with van der Waals surface area (Å²) in [4.78, 5) is 2.38. The molecule has 0 spiro atoms. The molecule has 3 heteroatoms. The molecule has 0 heterocycles. The lowest BCUT2D eigenvalue weighted by molar-refractivity contribution is 0.316. The van der Waals surface area contributed by atoms with E-state index in [2.05, 4.69) is 18.0 Å². The van der Waals surface area contributed by atoms with E-state index in [4.69, 9.17) is 10.5 Å². The lowest BCUT2D eigenvalue weighted by atomic mass is 10.2. The van der Waals surface area contributed by atoms with Crippen LogP contribution < -0.4 is 10.5 Å². The van der Waals surface area contributed by atoms with E-state index >= 15 is 0 Å². The van der Waals surface area contributed by atoms with Crippen LogP contribution in [0.25, 0.3) is 0 Å². The average molecular weight is 206 g/mol. The summed E-state index contributed by atoms with van der Waals surface area (Å²) in [5.74, 6) is 0.757. The highest BCUT2D eigenvalue weighted by Crippen LogP contribution is 2.28. The summed E-state index contributed by atoms with van der Waals surface area (Å²) in [6.07, 6.45) is 2.67. The molecule has 0 saturated heterocycles. The summed E-state index contributed by atoms with van der Waals surface area (Å²) in [6.45, 7) is 0.971. The first-order valence-corrected chi connectivity index (χ1v) is 5.33. The van der Waals surface area contributed by atoms with E-state index in [1.807, 2.05) is 12.1 Å². The number of ether oxygens (including phenoxy) is 1. The maximum Gasteiger partial charge on any atom is 0.141 e. The van der Waals surface area contributed by atoms with Crippen LogP contribution in [0.1, 0.15) is 18.4 Å². The lowest BCUT2D eigenvalue weighted by Crippen LogP contribution is -2.19. The third-order valence-corrected chi connectivity index (χ3v) is 2.90. The SMILES string of the molecule is COc1ccc(CN(C)C2CC2)cc1N. The van der Waals surface area contributed by atoms with Crippen LogP contribution in [0.3, 0.4) is 0 Å². The summed E-state index contributed by atoms with van der Waals surface area (Å²) >= 11 is 0. The molecule has 2 N–H and O–H groups in total. The van der Waals surface area contributed by atoms with E-state index in [1.54, 1.807) is 7.11 Å². The van der Waals surface area contributed by atoms with E-state index in [0.717, 1.165) is 24.0 Å². The zero-order valence-electron chi connectivity index (χ0n) is 9.36. The van der Waals surface area contributed by atoms with Gasteiger partial charge in [-0.05, 0) is 37.6 Å². The molecule has 0 aliphatic heterocycles. The van der Waals surface area contributed by atoms with Gasteiger partial charge in [-0.2, -0.15) is 0 Å². The number of nitrogens with zero attached hydrogens (tertiary/aromatic N) is 1. The first-order chi connectivity index (χ1) is 7.20. The maximum atomic E-state index is 5.86. The van der Waals surface area contributed by atoms with Gasteiger partial charge in [-0.1, -0.05) is 6.07 Å². The Kier molecular flexibility index (Phi) is 2.82. The second kappa shape index (κ2) is 4.11. The van der Waals surface area contributed by atoms with Gasteiger partial charge in [0.25, 0.3) is 0 Å². The number of rotatable bonds is 4. The molecule has 15 heavy (non-hydrogen) atoms. The molecule has 1 aliphatic rings. The maximum absolute atomic E-state index is 5.86. The van der Waals surface area contributed by atoms with Crippen LogP contribution in [0.15, 0.2) is 18.2 Å². The predicted octanol–water partition coefficient (Wildman–Crippen LogP) is 1.87. The van der Waals surface area contributed by atoms with Crippen LogP contribution in [-0.4, -0.2) is 25.1 Å². The minimum Gasteiger partial charge on any atom is -0.495 e. The van der Waals surface area contributed by atoms with Crippen LogP contribution in [0.5, 0.6) is 5.75 Å². The fourth-order valence-corrected chi connectivity index (χ4v) is 1.81. The van der Waals surface area contributed by atoms with Crippen molar-refractivity contribution in [2.24, 2.45) is 0 Å². The predicted molar refractivity (Wildman–Crippen MR) is 61.9 cm³/mol. The number of nitrogen functional groups attached to an aromatic ring is 1. The van der Waals surface area contributed by atoms with E-state index in [0.29, 0.717) is 0 Å². The normalized spacial score (nSPS) is 15.7. The number of hydrogen-bond acceptors (Lipinski definition) is 3. The fraction of sp³-hybridized carbons (Fsp3) is 0.500. The largest absolute Gasteiger partial charge is 0.495 e. The van der Waals surface area contributed by atoms with Crippen LogP contribution in [0.4, 0.5) is 5.69 Å². The molecule has 1 fully saturated rings. The molecule has 2 rings (SSSR count). The Morgan fingerprint density at radius 2 is 2.20 bits per heavy atom. The highest BCUT2D eigenvalue weighted by Gasteiger charge is 2.25. The molecular weight excluding hydrogens is 188 g/mol. The van der Waals surface area contributed by atoms with Gasteiger partial charge in [0, 0.05) is 12.6 Å². The van der Waals surface area contributed by atoms with Crippen molar-refractivity contribution < 1.29 is 4.74 Å². The van der Waals surface area contributed by atoms with Crippen LogP contribution in [0, 0.1) is 0 Å². The number of anilines is 1. The van der Waals surface area contributed by atoms with E-state index < -0.39 is 0 Å². The van der Waals surface area contributed by atoms with Crippen molar-refractivity contribution in [1.29, 1.82) is 0 Å². The Labute approximate surface area is 90.8 Å². The smallest absolute Gasteiger partial charge is 0.141 e. The monoisotopic (exact) mass is 206 g/mol. The lowest BCUT2D eigenvalue weighted by Gasteiger charge is -2.16. The van der Waals surface area contributed by atoms with E-state index in [1.165, 1.54) is 18.4 Å². The molecule has 3 nitrogen and oxygen atoms in total. The number of methoxy groups -OCH3 is 1. The standard InChI is InChI=1S/C12H18N2O/c1-14(10-4-5-10)8-9-3-6-12(15-2)11(13)7-9/h3,6-7,10H,4-5,8,13H2,1-2H3. The topological polar surface area (TPSA) is 38.5 Å². The van der Waals surface area contributed by atoms with Gasteiger partial charge in [0.2, 0.25) is 0 Å². The third kappa shape index (κ3) is 2.42. The summed E-state index contributed by atoms with van der Waals surface area (Å²) in [6, 6.07) is 6.80. The molecule has 0 atom stereocenters. The summed E-state index contributed by atoms with van der Waals surface area (Å²) < 4.78 is 5.13. The molecule has 0 amide bonds. The van der Waals surface area contributed by atoms with Gasteiger partial charge in [-0.15, -0.1) is 0 Å². The van der Waals surface area contributed by atoms with Gasteiger partial charge in [0.1, 0.15) is 5.75 Å². The molecule has 0 aromatic heterocycles. The second-order valence-electron chi connectivity index (χ2n) is 4.22. The number of hydrogen-bond donors (Lipinski definition) is 1. The van der Waals surface area contributed by atoms with Crippen LogP contribution in [0.2, 0.25) is 0 Å². The Hall–Kier alpha value is -1.22. The van der Waals surface area contributed by atoms with Crippen molar-refractivity contribution in [3.63, 3.8) is 0 Å². The Balaban J connectivity index is 2.05. The van der Waals surface area contributed by atoms with Gasteiger partial charge in [0.15, 0.2) is 0 Å². The molecule has 1 aliphatic carbocycles. The molecule has 82 valence electrons. The summed E-state index contributed by atoms with van der Waals surface area (Å²) in [5.41, 5.74) is 7.83. The molecule has 0 unspecified atom stereocenters. The fourth-order valence-electron chi connectivity index (χ4n) is 1.81. The first kappa shape index (κ1) is 10.3. The van der Waals surface area contributed by atoms with Crippen molar-refractivity contribution in [1.82, 2.24) is 4.90 Å². The molecule has 1 aromatic carbocycles. The van der Waals surface area contributed by atoms with Gasteiger partial charge in [0.05, 0.1) is 12.8 Å². The molecule has 1 aromatic rings. The minimum absolute atomic E-state index is 0.721. The van der Waals surface area contributed by atoms with Crippen molar-refractivity contribution in [3.8, 4) is 5.75 Å². The first-order valence-electron chi connectivity index (χ1n) is 5.33. The van der Waals surface area contributed by atoms with E-state index in [9.17, 15) is 0 Å². The van der Waals surface area contributed by atoms with Crippen LogP contribution >= 0.6 is 0 Å². The summed E-state index contributed by atoms with van der Waals surface area (Å²) in [7, 11) is 3.81. The zero-order valence-corrected chi connectivity index (χ0v) is 9.36. The van der Waals surface area contributed by atoms with Gasteiger partial charge in [-0.3, -0.25) is 4.90 Å². The quantitative estimate of drug-likeness (QED) is 0.764. The Morgan fingerprint density at radius 1 is 1.47 bits per heavy atom. The highest BCUT2D eigenvalue weighted by molar-refractivity contribution is 5.54. The molecule has 0 radical (unpaired) electrons. The second-order valence-corrected chi connectivity index (χ2v) is 4.22. The minimum atomic E-state index is 0.721. The highest BCUT2D eigenvalue weighted by atomic mass is 16.5. The Bertz CT molecular complexity index is 347. The Morgan fingerprint density at radius 3 is 2.73 bits per heavy atom. The van der Waals surface area contributed by atoms with Crippen molar-refractivity contribution in [3.05, 3.63) is 23.8 Å². The van der Waals surface area contributed by atoms with Gasteiger partial charge in [-0.25, -0.2) is 0 Å². The molecule has 0 bridgehead atoms. The molecule has 1 saturated carbocycles. The average Bonchev–Trinajstić information content (AvgIpc) is 3.01. The van der Waals surface area contributed by atoms with Crippen molar-refractivity contribution >= 4 is 5.69 Å². The zero-order chi connectivity index (χ0) is 10.8. The van der Waals surface area contributed by atoms with Crippen LogP contribution in [-0.2, 0) is 6.54 Å². The number of benzene rings is 1. The van der Waals surface area contributed by atoms with Crippen molar-refractivity contribution in [2.75, 3.05) is 19.9 Å². The van der Waals surface area contributed by atoms with Gasteiger partial charge >= 0.3 is 0 Å². The summed E-state index contributed by atoms with van der Waals surface area (Å²) in [5, 5.41) is 0. The van der Waals surface area contributed by atoms with E-state index in [-0.39, 0.29) is 0 Å². The molecular formula is C12H18N2O. The third-order valence-electron chi connectivity index (χ3n) is 2.90. The van der Waals surface area contributed by atoms with Gasteiger partial charge < -0.3 is 10.5 Å².